The molecule has 2 heterocycles. The summed E-state index contributed by atoms with van der Waals surface area (Å²) >= 11 is 3.37. The average Bonchev–Trinajstić information content (AvgIpc) is 3.13. The lowest BCUT2D eigenvalue weighted by Crippen LogP contribution is -2.45. The summed E-state index contributed by atoms with van der Waals surface area (Å²) in [5, 5.41) is 0. The summed E-state index contributed by atoms with van der Waals surface area (Å²) in [6, 6.07) is 10.6. The largest absolute Gasteiger partial charge is 0.474 e. The summed E-state index contributed by atoms with van der Waals surface area (Å²) in [4.78, 5) is 33.5. The van der Waals surface area contributed by atoms with E-state index in [0.29, 0.717) is 22.7 Å². The zero-order valence-corrected chi connectivity index (χ0v) is 17.1. The molecule has 0 bridgehead atoms. The molecule has 7 nitrogen and oxygen atoms in total. The van der Waals surface area contributed by atoms with Crippen molar-refractivity contribution in [2.75, 3.05) is 19.8 Å². The Balaban J connectivity index is 1.83. The summed E-state index contributed by atoms with van der Waals surface area (Å²) in [5.41, 5.74) is 0.144. The molecule has 0 amide bonds. The third kappa shape index (κ3) is 4.22. The van der Waals surface area contributed by atoms with Crippen LogP contribution in [0.5, 0.6) is 0 Å². The molecular weight excluding hydrogens is 428 g/mol. The van der Waals surface area contributed by atoms with Gasteiger partial charge in [-0.2, -0.15) is 0 Å². The van der Waals surface area contributed by atoms with E-state index < -0.39 is 17.5 Å². The SMILES string of the molecule is CCOC(=O)[C@]1(COC(=O)c2cccnc2C)COC(c2ccc(Br)cc2)=N1. The average molecular weight is 447 g/mol. The van der Waals surface area contributed by atoms with Crippen molar-refractivity contribution < 1.29 is 23.8 Å². The second kappa shape index (κ2) is 8.52. The summed E-state index contributed by atoms with van der Waals surface area (Å²) in [7, 11) is 0. The van der Waals surface area contributed by atoms with Crippen LogP contribution in [0.15, 0.2) is 52.1 Å². The Morgan fingerprint density at radius 2 is 1.96 bits per heavy atom. The molecule has 0 radical (unpaired) electrons. The van der Waals surface area contributed by atoms with Gasteiger partial charge in [0.25, 0.3) is 0 Å². The number of rotatable bonds is 6. The predicted molar refractivity (Wildman–Crippen MR) is 105 cm³/mol. The lowest BCUT2D eigenvalue weighted by Gasteiger charge is -2.21. The van der Waals surface area contributed by atoms with Crippen molar-refractivity contribution in [2.24, 2.45) is 4.99 Å². The first kappa shape index (κ1) is 20.0. The highest BCUT2D eigenvalue weighted by atomic mass is 79.9. The highest BCUT2D eigenvalue weighted by Gasteiger charge is 2.47. The molecule has 1 aromatic heterocycles. The maximum atomic E-state index is 12.6. The molecule has 2 aromatic rings. The minimum absolute atomic E-state index is 0.0729. The van der Waals surface area contributed by atoms with Gasteiger partial charge in [-0.25, -0.2) is 14.6 Å². The van der Waals surface area contributed by atoms with Crippen molar-refractivity contribution >= 4 is 33.8 Å². The highest BCUT2D eigenvalue weighted by molar-refractivity contribution is 9.10. The molecule has 0 N–H and O–H groups in total. The molecule has 1 aromatic carbocycles. The molecule has 8 heteroatoms. The summed E-state index contributed by atoms with van der Waals surface area (Å²) in [6.07, 6.45) is 1.59. The number of halogens is 1. The van der Waals surface area contributed by atoms with E-state index in [9.17, 15) is 9.59 Å². The molecule has 1 aliphatic rings. The molecule has 0 fully saturated rings. The van der Waals surface area contributed by atoms with Gasteiger partial charge in [-0.1, -0.05) is 15.9 Å². The smallest absolute Gasteiger partial charge is 0.341 e. The van der Waals surface area contributed by atoms with Crippen LogP contribution in [0.2, 0.25) is 0 Å². The molecule has 0 saturated heterocycles. The number of carbonyl (C=O) groups is 2. The van der Waals surface area contributed by atoms with Crippen LogP contribution in [-0.2, 0) is 19.0 Å². The van der Waals surface area contributed by atoms with Gasteiger partial charge in [-0.3, -0.25) is 4.98 Å². The fraction of sp³-hybridized carbons (Fsp3) is 0.300. The summed E-state index contributed by atoms with van der Waals surface area (Å²) in [6.45, 7) is 3.22. The molecule has 1 atom stereocenters. The number of aromatic nitrogens is 1. The fourth-order valence-electron chi connectivity index (χ4n) is 2.65. The topological polar surface area (TPSA) is 87.1 Å². The monoisotopic (exact) mass is 446 g/mol. The van der Waals surface area contributed by atoms with Gasteiger partial charge in [0.1, 0.15) is 13.2 Å². The van der Waals surface area contributed by atoms with Gasteiger partial charge in [-0.05, 0) is 50.2 Å². The lowest BCUT2D eigenvalue weighted by molar-refractivity contribution is -0.151. The summed E-state index contributed by atoms with van der Waals surface area (Å²) < 4.78 is 17.1. The number of hydrogen-bond donors (Lipinski definition) is 0. The Bertz CT molecular complexity index is 913. The first-order valence-corrected chi connectivity index (χ1v) is 9.49. The Labute approximate surface area is 170 Å². The van der Waals surface area contributed by atoms with Crippen LogP contribution in [-0.4, -0.2) is 48.2 Å². The van der Waals surface area contributed by atoms with Crippen LogP contribution in [0.1, 0.15) is 28.5 Å². The van der Waals surface area contributed by atoms with Crippen molar-refractivity contribution in [3.63, 3.8) is 0 Å². The molecular formula is C20H19BrN2O5. The van der Waals surface area contributed by atoms with Gasteiger partial charge in [0.15, 0.2) is 0 Å². The molecule has 28 heavy (non-hydrogen) atoms. The lowest BCUT2D eigenvalue weighted by atomic mass is 10.0. The van der Waals surface area contributed by atoms with E-state index in [-0.39, 0.29) is 19.8 Å². The minimum Gasteiger partial charge on any atom is -0.474 e. The van der Waals surface area contributed by atoms with Gasteiger partial charge >= 0.3 is 11.9 Å². The third-order valence-corrected chi connectivity index (χ3v) is 4.71. The number of esters is 2. The second-order valence-electron chi connectivity index (χ2n) is 6.18. The minimum atomic E-state index is -1.44. The molecule has 0 aliphatic carbocycles. The Kier molecular flexibility index (Phi) is 6.08. The highest BCUT2D eigenvalue weighted by Crippen LogP contribution is 2.25. The fourth-order valence-corrected chi connectivity index (χ4v) is 2.92. The number of aliphatic imine (C=N–C) groups is 1. The van der Waals surface area contributed by atoms with Crippen molar-refractivity contribution in [3.05, 3.63) is 63.9 Å². The van der Waals surface area contributed by atoms with Gasteiger partial charge in [0.05, 0.1) is 17.9 Å². The number of ether oxygens (including phenoxy) is 3. The van der Waals surface area contributed by atoms with E-state index in [0.717, 1.165) is 4.47 Å². The van der Waals surface area contributed by atoms with Crippen LogP contribution in [0.3, 0.4) is 0 Å². The molecule has 1 aliphatic heterocycles. The van der Waals surface area contributed by atoms with E-state index in [1.165, 1.54) is 0 Å². The Morgan fingerprint density at radius 1 is 1.21 bits per heavy atom. The zero-order valence-electron chi connectivity index (χ0n) is 15.5. The first-order chi connectivity index (χ1) is 13.4. The molecule has 0 saturated carbocycles. The third-order valence-electron chi connectivity index (χ3n) is 4.18. The number of aryl methyl sites for hydroxylation is 1. The second-order valence-corrected chi connectivity index (χ2v) is 7.09. The Hall–Kier alpha value is -2.74. The van der Waals surface area contributed by atoms with Crippen molar-refractivity contribution in [3.8, 4) is 0 Å². The van der Waals surface area contributed by atoms with Crippen molar-refractivity contribution in [1.29, 1.82) is 0 Å². The maximum absolute atomic E-state index is 12.6. The predicted octanol–water partition coefficient (Wildman–Crippen LogP) is 3.09. The van der Waals surface area contributed by atoms with Crippen LogP contribution in [0, 0.1) is 6.92 Å². The van der Waals surface area contributed by atoms with Crippen LogP contribution in [0.25, 0.3) is 0 Å². The van der Waals surface area contributed by atoms with Gasteiger partial charge in [0.2, 0.25) is 11.4 Å². The number of carbonyl (C=O) groups excluding carboxylic acids is 2. The standard InChI is InChI=1S/C20H19BrN2O5/c1-3-26-19(25)20(12-28-18(24)16-5-4-10-22-13(16)2)11-27-17(23-20)14-6-8-15(21)9-7-14/h4-10H,3,11-12H2,1-2H3/t20-/m1/s1. The number of nitrogens with zero attached hydrogens (tertiary/aromatic N) is 2. The molecule has 3 rings (SSSR count). The quantitative estimate of drug-likeness (QED) is 0.633. The van der Waals surface area contributed by atoms with Crippen LogP contribution in [0.4, 0.5) is 0 Å². The van der Waals surface area contributed by atoms with E-state index in [4.69, 9.17) is 14.2 Å². The first-order valence-electron chi connectivity index (χ1n) is 8.70. The zero-order chi connectivity index (χ0) is 20.1. The van der Waals surface area contributed by atoms with E-state index in [1.54, 1.807) is 32.2 Å². The van der Waals surface area contributed by atoms with E-state index >= 15 is 0 Å². The van der Waals surface area contributed by atoms with E-state index in [1.807, 2.05) is 24.3 Å². The van der Waals surface area contributed by atoms with Gasteiger partial charge < -0.3 is 14.2 Å². The van der Waals surface area contributed by atoms with Gasteiger partial charge in [0, 0.05) is 16.2 Å². The maximum Gasteiger partial charge on any atom is 0.341 e. The molecule has 146 valence electrons. The number of benzene rings is 1. The normalized spacial score (nSPS) is 18.2. The van der Waals surface area contributed by atoms with E-state index in [2.05, 4.69) is 25.9 Å². The Morgan fingerprint density at radius 3 is 2.64 bits per heavy atom. The van der Waals surface area contributed by atoms with Crippen molar-refractivity contribution in [1.82, 2.24) is 4.98 Å². The van der Waals surface area contributed by atoms with Crippen LogP contribution >= 0.6 is 15.9 Å². The number of hydrogen-bond acceptors (Lipinski definition) is 7. The van der Waals surface area contributed by atoms with Gasteiger partial charge in [-0.15, -0.1) is 0 Å². The molecule has 0 spiro atoms. The summed E-state index contributed by atoms with van der Waals surface area (Å²) in [5.74, 6) is -0.881. The molecule has 0 unspecified atom stereocenters. The van der Waals surface area contributed by atoms with Crippen molar-refractivity contribution in [2.45, 2.75) is 19.4 Å². The van der Waals surface area contributed by atoms with Crippen LogP contribution < -0.4 is 0 Å². The number of pyridine rings is 1.